The second-order valence-electron chi connectivity index (χ2n) is 7.31. The average Bonchev–Trinajstić information content (AvgIpc) is 2.78. The van der Waals surface area contributed by atoms with E-state index in [9.17, 15) is 18.0 Å². The summed E-state index contributed by atoms with van der Waals surface area (Å²) in [5, 5.41) is 3.18. The van der Waals surface area contributed by atoms with Gasteiger partial charge in [-0.25, -0.2) is 8.42 Å². The molecule has 10 heteroatoms. The van der Waals surface area contributed by atoms with Crippen LogP contribution in [0.15, 0.2) is 52.3 Å². The van der Waals surface area contributed by atoms with Crippen LogP contribution in [0.4, 0.5) is 5.69 Å². The van der Waals surface area contributed by atoms with Gasteiger partial charge in [0, 0.05) is 35.2 Å². The first-order valence-corrected chi connectivity index (χ1v) is 11.7. The second kappa shape index (κ2) is 9.22. The van der Waals surface area contributed by atoms with E-state index < -0.39 is 21.4 Å². The Labute approximate surface area is 191 Å². The third kappa shape index (κ3) is 4.44. The maximum absolute atomic E-state index is 13.3. The van der Waals surface area contributed by atoms with Crippen molar-refractivity contribution in [3.63, 3.8) is 0 Å². The zero-order chi connectivity index (χ0) is 23.6. The van der Waals surface area contributed by atoms with Crippen molar-refractivity contribution >= 4 is 44.1 Å². The monoisotopic (exact) mass is 477 g/mol. The molecule has 0 fully saturated rings. The maximum atomic E-state index is 13.3. The highest BCUT2D eigenvalue weighted by Crippen LogP contribution is 2.34. The number of aromatic amines is 1. The number of carbonyl (C=O) groups excluding carboxylic acids is 1. The zero-order valence-electron chi connectivity index (χ0n) is 18.1. The fourth-order valence-corrected chi connectivity index (χ4v) is 4.52. The lowest BCUT2D eigenvalue weighted by atomic mass is 10.1. The smallest absolute Gasteiger partial charge is 0.264 e. The summed E-state index contributed by atoms with van der Waals surface area (Å²) >= 11 is 6.05. The number of halogens is 1. The minimum atomic E-state index is -4.06. The summed E-state index contributed by atoms with van der Waals surface area (Å²) in [5.74, 6) is -0.195. The molecule has 0 radical (unpaired) electrons. The minimum absolute atomic E-state index is 0.0859. The highest BCUT2D eigenvalue weighted by Gasteiger charge is 2.25. The number of carbonyl (C=O) groups is 1. The molecule has 0 aliphatic carbocycles. The van der Waals surface area contributed by atoms with Crippen LogP contribution in [0.3, 0.4) is 0 Å². The predicted molar refractivity (Wildman–Crippen MR) is 125 cm³/mol. The number of nitrogens with one attached hydrogen (secondary N) is 2. The molecular weight excluding hydrogens is 454 g/mol. The number of anilines is 1. The fourth-order valence-electron chi connectivity index (χ4n) is 3.13. The molecule has 0 saturated carbocycles. The number of rotatable bonds is 7. The van der Waals surface area contributed by atoms with Crippen LogP contribution in [-0.4, -0.2) is 39.5 Å². The van der Waals surface area contributed by atoms with Crippen molar-refractivity contribution in [1.29, 1.82) is 0 Å². The standard InChI is InChI=1S/C22H24ClN3O5S/c1-5-13(2)25-22(28)17-12-24-18-8-7-15(11-16(18)21(17)27)32(29,30)26(3)19-10-14(23)6-9-20(19)31-4/h6-13H,5H2,1-4H3,(H,24,27)(H,25,28). The van der Waals surface area contributed by atoms with Crippen molar-refractivity contribution in [3.8, 4) is 5.75 Å². The first-order chi connectivity index (χ1) is 15.1. The number of nitrogens with zero attached hydrogens (tertiary/aromatic N) is 1. The molecule has 3 rings (SSSR count). The SMILES string of the molecule is CCC(C)NC(=O)c1c[nH]c2ccc(S(=O)(=O)N(C)c3cc(Cl)ccc3OC)cc2c1=O. The normalized spacial score (nSPS) is 12.4. The van der Waals surface area contributed by atoms with Gasteiger partial charge in [-0.05, 0) is 49.7 Å². The molecule has 3 aromatic rings. The summed E-state index contributed by atoms with van der Waals surface area (Å²) in [6.07, 6.45) is 2.04. The van der Waals surface area contributed by atoms with Gasteiger partial charge < -0.3 is 15.0 Å². The van der Waals surface area contributed by atoms with Crippen LogP contribution in [-0.2, 0) is 10.0 Å². The van der Waals surface area contributed by atoms with E-state index >= 15 is 0 Å². The van der Waals surface area contributed by atoms with Gasteiger partial charge in [-0.2, -0.15) is 0 Å². The molecule has 1 amide bonds. The van der Waals surface area contributed by atoms with Crippen molar-refractivity contribution in [2.24, 2.45) is 0 Å². The van der Waals surface area contributed by atoms with Crippen LogP contribution in [0.1, 0.15) is 30.6 Å². The second-order valence-corrected chi connectivity index (χ2v) is 9.72. The number of sulfonamides is 1. The van der Waals surface area contributed by atoms with Crippen LogP contribution in [0, 0.1) is 0 Å². The summed E-state index contributed by atoms with van der Waals surface area (Å²) in [6, 6.07) is 8.66. The van der Waals surface area contributed by atoms with Crippen molar-refractivity contribution in [3.05, 3.63) is 63.4 Å². The van der Waals surface area contributed by atoms with E-state index in [0.29, 0.717) is 22.7 Å². The number of methoxy groups -OCH3 is 1. The van der Waals surface area contributed by atoms with Gasteiger partial charge >= 0.3 is 0 Å². The number of hydrogen-bond donors (Lipinski definition) is 2. The lowest BCUT2D eigenvalue weighted by Crippen LogP contribution is -2.35. The minimum Gasteiger partial charge on any atom is -0.495 e. The molecule has 8 nitrogen and oxygen atoms in total. The van der Waals surface area contributed by atoms with Crippen LogP contribution in [0.5, 0.6) is 5.75 Å². The Morgan fingerprint density at radius 1 is 1.25 bits per heavy atom. The van der Waals surface area contributed by atoms with Crippen molar-refractivity contribution in [2.45, 2.75) is 31.2 Å². The molecule has 0 saturated heterocycles. The molecule has 0 aliphatic rings. The highest BCUT2D eigenvalue weighted by atomic mass is 35.5. The van der Waals surface area contributed by atoms with Gasteiger partial charge in [-0.3, -0.25) is 13.9 Å². The number of H-pyrrole nitrogens is 1. The zero-order valence-corrected chi connectivity index (χ0v) is 19.7. The molecule has 1 heterocycles. The van der Waals surface area contributed by atoms with Gasteiger partial charge in [-0.1, -0.05) is 18.5 Å². The molecule has 1 aromatic heterocycles. The fraction of sp³-hybridized carbons (Fsp3) is 0.273. The summed E-state index contributed by atoms with van der Waals surface area (Å²) in [6.45, 7) is 3.75. The highest BCUT2D eigenvalue weighted by molar-refractivity contribution is 7.92. The van der Waals surface area contributed by atoms with Gasteiger partial charge in [0.25, 0.3) is 15.9 Å². The number of fused-ring (bicyclic) bond motifs is 1. The molecule has 0 bridgehead atoms. The van der Waals surface area contributed by atoms with Gasteiger partial charge in [-0.15, -0.1) is 0 Å². The van der Waals surface area contributed by atoms with E-state index in [0.717, 1.165) is 4.31 Å². The number of benzene rings is 2. The van der Waals surface area contributed by atoms with E-state index in [1.807, 2.05) is 13.8 Å². The van der Waals surface area contributed by atoms with Crippen molar-refractivity contribution in [1.82, 2.24) is 10.3 Å². The van der Waals surface area contributed by atoms with Crippen molar-refractivity contribution in [2.75, 3.05) is 18.5 Å². The van der Waals surface area contributed by atoms with Crippen LogP contribution in [0.2, 0.25) is 5.02 Å². The van der Waals surface area contributed by atoms with E-state index in [1.54, 1.807) is 12.1 Å². The Morgan fingerprint density at radius 3 is 2.62 bits per heavy atom. The molecule has 32 heavy (non-hydrogen) atoms. The number of amides is 1. The molecule has 1 atom stereocenters. The van der Waals surface area contributed by atoms with E-state index in [-0.39, 0.29) is 27.6 Å². The van der Waals surface area contributed by atoms with E-state index in [2.05, 4.69) is 10.3 Å². The summed E-state index contributed by atoms with van der Waals surface area (Å²) in [4.78, 5) is 28.2. The van der Waals surface area contributed by atoms with Gasteiger partial charge in [0.15, 0.2) is 0 Å². The topological polar surface area (TPSA) is 109 Å². The summed E-state index contributed by atoms with van der Waals surface area (Å²) in [7, 11) is -1.27. The van der Waals surface area contributed by atoms with Crippen LogP contribution < -0.4 is 19.8 Å². The molecule has 170 valence electrons. The average molecular weight is 478 g/mol. The molecule has 1 unspecified atom stereocenters. The predicted octanol–water partition coefficient (Wildman–Crippen LogP) is 3.54. The Balaban J connectivity index is 2.09. The molecule has 2 aromatic carbocycles. The third-order valence-corrected chi connectivity index (χ3v) is 7.23. The Kier molecular flexibility index (Phi) is 6.80. The number of ether oxygens (including phenoxy) is 1. The van der Waals surface area contributed by atoms with E-state index in [1.165, 1.54) is 44.6 Å². The first kappa shape index (κ1) is 23.6. The van der Waals surface area contributed by atoms with Gasteiger partial charge in [0.05, 0.1) is 17.7 Å². The summed E-state index contributed by atoms with van der Waals surface area (Å²) in [5.41, 5.74) is 0.0181. The molecule has 0 spiro atoms. The number of pyridine rings is 1. The Bertz CT molecular complexity index is 1340. The lowest BCUT2D eigenvalue weighted by molar-refractivity contribution is 0.0938. The Hall–Kier alpha value is -3.04. The van der Waals surface area contributed by atoms with Gasteiger partial charge in [0.2, 0.25) is 5.43 Å². The largest absolute Gasteiger partial charge is 0.495 e. The van der Waals surface area contributed by atoms with Gasteiger partial charge in [0.1, 0.15) is 11.3 Å². The molecular formula is C22H24ClN3O5S. The maximum Gasteiger partial charge on any atom is 0.264 e. The quantitative estimate of drug-likeness (QED) is 0.541. The van der Waals surface area contributed by atoms with Crippen molar-refractivity contribution < 1.29 is 17.9 Å². The first-order valence-electron chi connectivity index (χ1n) is 9.89. The summed E-state index contributed by atoms with van der Waals surface area (Å²) < 4.78 is 32.9. The van der Waals surface area contributed by atoms with E-state index in [4.69, 9.17) is 16.3 Å². The lowest BCUT2D eigenvalue weighted by Gasteiger charge is -2.22. The van der Waals surface area contributed by atoms with Crippen LogP contribution >= 0.6 is 11.6 Å². The Morgan fingerprint density at radius 2 is 1.97 bits per heavy atom. The number of hydrogen-bond acceptors (Lipinski definition) is 5. The third-order valence-electron chi connectivity index (χ3n) is 5.23. The number of aromatic nitrogens is 1. The van der Waals surface area contributed by atoms with Crippen LogP contribution in [0.25, 0.3) is 10.9 Å². The molecule has 0 aliphatic heterocycles. The molecule has 2 N–H and O–H groups in total.